The monoisotopic (exact) mass is 213 g/mol. The molecule has 1 aliphatic carbocycles. The van der Waals surface area contributed by atoms with Crippen molar-refractivity contribution >= 4 is 17.7 Å². The number of hydrogen-bond donors (Lipinski definition) is 2. The molecule has 0 unspecified atom stereocenters. The Morgan fingerprint density at radius 3 is 2.86 bits per heavy atom. The number of amides is 1. The Bertz CT molecular complexity index is 245. The fraction of sp³-hybridized carbons (Fsp3) is 0.778. The van der Waals surface area contributed by atoms with Crippen molar-refractivity contribution in [1.82, 2.24) is 10.6 Å². The Morgan fingerprint density at radius 1 is 1.64 bits per heavy atom. The minimum atomic E-state index is -0.108. The molecule has 1 rings (SSSR count). The van der Waals surface area contributed by atoms with Crippen molar-refractivity contribution in [2.75, 3.05) is 25.9 Å². The third kappa shape index (κ3) is 3.56. The summed E-state index contributed by atoms with van der Waals surface area (Å²) in [6.07, 6.45) is 4.58. The lowest BCUT2D eigenvalue weighted by molar-refractivity contribution is -0.120. The largest absolute Gasteiger partial charge is 0.342 e. The fourth-order valence-electron chi connectivity index (χ4n) is 1.20. The highest BCUT2D eigenvalue weighted by atomic mass is 32.2. The second-order valence-corrected chi connectivity index (χ2v) is 4.70. The van der Waals surface area contributed by atoms with Gasteiger partial charge in [0.2, 0.25) is 5.91 Å². The molecule has 0 spiro atoms. The molecular weight excluding hydrogens is 198 g/mol. The van der Waals surface area contributed by atoms with Gasteiger partial charge in [-0.15, -0.1) is 0 Å². The van der Waals surface area contributed by atoms with Crippen molar-refractivity contribution in [3.63, 3.8) is 0 Å². The zero-order valence-corrected chi connectivity index (χ0v) is 9.12. The summed E-state index contributed by atoms with van der Waals surface area (Å²) in [6, 6.07) is 1.86. The molecule has 1 aliphatic rings. The van der Waals surface area contributed by atoms with Crippen LogP contribution in [-0.4, -0.2) is 36.5 Å². The van der Waals surface area contributed by atoms with E-state index >= 15 is 0 Å². The van der Waals surface area contributed by atoms with Crippen molar-refractivity contribution in [2.24, 2.45) is 0 Å². The Labute approximate surface area is 88.4 Å². The van der Waals surface area contributed by atoms with E-state index in [1.807, 2.05) is 17.8 Å². The van der Waals surface area contributed by atoms with Gasteiger partial charge in [-0.05, 0) is 19.1 Å². The summed E-state index contributed by atoms with van der Waals surface area (Å²) in [4.78, 5) is 11.1. The molecule has 14 heavy (non-hydrogen) atoms. The van der Waals surface area contributed by atoms with Gasteiger partial charge in [-0.3, -0.25) is 4.79 Å². The molecule has 0 saturated heterocycles. The van der Waals surface area contributed by atoms with Crippen molar-refractivity contribution in [1.29, 1.82) is 5.26 Å². The summed E-state index contributed by atoms with van der Waals surface area (Å²) >= 11 is 1.86. The van der Waals surface area contributed by atoms with Crippen LogP contribution in [0.15, 0.2) is 0 Å². The van der Waals surface area contributed by atoms with Gasteiger partial charge in [-0.25, -0.2) is 0 Å². The van der Waals surface area contributed by atoms with Gasteiger partial charge in [0, 0.05) is 11.3 Å². The first-order valence-corrected chi connectivity index (χ1v) is 5.84. The van der Waals surface area contributed by atoms with Crippen LogP contribution in [-0.2, 0) is 4.79 Å². The maximum Gasteiger partial charge on any atom is 0.234 e. The molecule has 1 fully saturated rings. The minimum Gasteiger partial charge on any atom is -0.342 e. The second kappa shape index (κ2) is 5.23. The van der Waals surface area contributed by atoms with Crippen molar-refractivity contribution in [2.45, 2.75) is 17.6 Å². The molecule has 1 amide bonds. The molecule has 0 aromatic rings. The SMILES string of the molecule is CSC1(CNCC(=O)NCC#N)CC1. The highest BCUT2D eigenvalue weighted by Crippen LogP contribution is 2.46. The van der Waals surface area contributed by atoms with Crippen LogP contribution in [0.25, 0.3) is 0 Å². The first-order chi connectivity index (χ1) is 6.72. The Balaban J connectivity index is 2.04. The van der Waals surface area contributed by atoms with Crippen LogP contribution in [0.5, 0.6) is 0 Å². The van der Waals surface area contributed by atoms with Gasteiger partial charge < -0.3 is 10.6 Å². The summed E-state index contributed by atoms with van der Waals surface area (Å²) in [5, 5.41) is 13.8. The van der Waals surface area contributed by atoms with Gasteiger partial charge in [-0.1, -0.05) is 0 Å². The Morgan fingerprint density at radius 2 is 2.36 bits per heavy atom. The lowest BCUT2D eigenvalue weighted by atomic mass is 10.4. The molecule has 0 atom stereocenters. The first kappa shape index (κ1) is 11.3. The molecule has 0 heterocycles. The van der Waals surface area contributed by atoms with Crippen molar-refractivity contribution in [3.8, 4) is 6.07 Å². The molecule has 2 N–H and O–H groups in total. The number of carbonyl (C=O) groups is 1. The van der Waals surface area contributed by atoms with Gasteiger partial charge in [0.1, 0.15) is 6.54 Å². The Hall–Kier alpha value is -0.730. The molecule has 1 saturated carbocycles. The zero-order chi connectivity index (χ0) is 10.4. The molecule has 4 nitrogen and oxygen atoms in total. The number of carbonyl (C=O) groups excluding carboxylic acids is 1. The first-order valence-electron chi connectivity index (χ1n) is 4.62. The van der Waals surface area contributed by atoms with E-state index in [0.29, 0.717) is 11.3 Å². The van der Waals surface area contributed by atoms with E-state index in [1.165, 1.54) is 12.8 Å². The lowest BCUT2D eigenvalue weighted by Gasteiger charge is -2.12. The summed E-state index contributed by atoms with van der Waals surface area (Å²) in [6.45, 7) is 1.28. The van der Waals surface area contributed by atoms with Crippen LogP contribution >= 0.6 is 11.8 Å². The number of rotatable bonds is 6. The van der Waals surface area contributed by atoms with Crippen LogP contribution in [0, 0.1) is 11.3 Å². The summed E-state index contributed by atoms with van der Waals surface area (Å²) in [7, 11) is 0. The zero-order valence-electron chi connectivity index (χ0n) is 8.30. The van der Waals surface area contributed by atoms with Gasteiger partial charge in [0.25, 0.3) is 0 Å². The third-order valence-electron chi connectivity index (χ3n) is 2.34. The lowest BCUT2D eigenvalue weighted by Crippen LogP contribution is -2.37. The van der Waals surface area contributed by atoms with Crippen molar-refractivity contribution in [3.05, 3.63) is 0 Å². The van der Waals surface area contributed by atoms with E-state index in [9.17, 15) is 4.79 Å². The normalized spacial score (nSPS) is 17.1. The van der Waals surface area contributed by atoms with Crippen LogP contribution < -0.4 is 10.6 Å². The fourth-order valence-corrected chi connectivity index (χ4v) is 1.95. The van der Waals surface area contributed by atoms with Crippen LogP contribution in [0.1, 0.15) is 12.8 Å². The molecule has 0 bridgehead atoms. The predicted molar refractivity (Wildman–Crippen MR) is 57.0 cm³/mol. The van der Waals surface area contributed by atoms with Crippen LogP contribution in [0.2, 0.25) is 0 Å². The molecule has 5 heteroatoms. The standard InChI is InChI=1S/C9H15N3OS/c1-14-9(2-3-9)7-11-6-8(13)12-5-4-10/h11H,2-3,5-7H2,1H3,(H,12,13). The van der Waals surface area contributed by atoms with E-state index in [-0.39, 0.29) is 12.5 Å². The molecule has 78 valence electrons. The molecular formula is C9H15N3OS. The summed E-state index contributed by atoms with van der Waals surface area (Å²) in [5.41, 5.74) is 0. The maximum absolute atomic E-state index is 11.1. The smallest absolute Gasteiger partial charge is 0.234 e. The number of nitriles is 1. The van der Waals surface area contributed by atoms with Gasteiger partial charge in [-0.2, -0.15) is 17.0 Å². The van der Waals surface area contributed by atoms with E-state index in [2.05, 4.69) is 16.9 Å². The quantitative estimate of drug-likeness (QED) is 0.615. The summed E-state index contributed by atoms with van der Waals surface area (Å²) < 4.78 is 0.384. The molecule has 0 aromatic heterocycles. The average Bonchev–Trinajstić information content (AvgIpc) is 2.96. The average molecular weight is 213 g/mol. The number of nitrogens with one attached hydrogen (secondary N) is 2. The molecule has 0 radical (unpaired) electrons. The van der Waals surface area contributed by atoms with Gasteiger partial charge >= 0.3 is 0 Å². The maximum atomic E-state index is 11.1. The second-order valence-electron chi connectivity index (χ2n) is 3.43. The van der Waals surface area contributed by atoms with E-state index in [0.717, 1.165) is 6.54 Å². The number of hydrogen-bond acceptors (Lipinski definition) is 4. The van der Waals surface area contributed by atoms with E-state index in [1.54, 1.807) is 0 Å². The Kier molecular flexibility index (Phi) is 4.23. The topological polar surface area (TPSA) is 64.9 Å². The van der Waals surface area contributed by atoms with Crippen molar-refractivity contribution < 1.29 is 4.79 Å². The van der Waals surface area contributed by atoms with Crippen LogP contribution in [0.4, 0.5) is 0 Å². The predicted octanol–water partition coefficient (Wildman–Crippen LogP) is 0.111. The number of thioether (sulfide) groups is 1. The van der Waals surface area contributed by atoms with Gasteiger partial charge in [0.15, 0.2) is 0 Å². The molecule has 0 aromatic carbocycles. The van der Waals surface area contributed by atoms with E-state index in [4.69, 9.17) is 5.26 Å². The summed E-state index contributed by atoms with van der Waals surface area (Å²) in [5.74, 6) is -0.108. The third-order valence-corrected chi connectivity index (χ3v) is 3.76. The van der Waals surface area contributed by atoms with Gasteiger partial charge in [0.05, 0.1) is 12.6 Å². The highest BCUT2D eigenvalue weighted by Gasteiger charge is 2.41. The minimum absolute atomic E-state index is 0.0915. The van der Waals surface area contributed by atoms with Crippen LogP contribution in [0.3, 0.4) is 0 Å². The highest BCUT2D eigenvalue weighted by molar-refractivity contribution is 8.00. The molecule has 0 aliphatic heterocycles. The van der Waals surface area contributed by atoms with E-state index < -0.39 is 0 Å². The number of nitrogens with zero attached hydrogens (tertiary/aromatic N) is 1.